The highest BCUT2D eigenvalue weighted by molar-refractivity contribution is 6.26. The number of aliphatic imine (C=N–C) groups is 2. The Hall–Kier alpha value is -9.06. The summed E-state index contributed by atoms with van der Waals surface area (Å²) in [5.41, 5.74) is 7.67. The van der Waals surface area contributed by atoms with Crippen LogP contribution in [0.25, 0.3) is 114 Å². The van der Waals surface area contributed by atoms with Gasteiger partial charge < -0.3 is 14.3 Å². The minimum atomic E-state index is -0.518. The van der Waals surface area contributed by atoms with E-state index in [1.807, 2.05) is 6.07 Å². The number of para-hydroxylation sites is 1. The lowest BCUT2D eigenvalue weighted by molar-refractivity contribution is 0.661. The van der Waals surface area contributed by atoms with Gasteiger partial charge in [-0.15, -0.1) is 0 Å². The normalized spacial score (nSPS) is 14.3. The van der Waals surface area contributed by atoms with Crippen molar-refractivity contribution < 1.29 is 4.42 Å². The van der Waals surface area contributed by atoms with Crippen molar-refractivity contribution in [2.45, 2.75) is 6.17 Å². The zero-order chi connectivity index (χ0) is 44.5. The summed E-state index contributed by atoms with van der Waals surface area (Å²) in [6.45, 7) is 0. The third-order valence-corrected chi connectivity index (χ3v) is 14.3. The van der Waals surface area contributed by atoms with Crippen molar-refractivity contribution in [3.05, 3.63) is 235 Å². The van der Waals surface area contributed by atoms with Gasteiger partial charge in [-0.2, -0.15) is 0 Å². The second kappa shape index (κ2) is 14.2. The van der Waals surface area contributed by atoms with Crippen molar-refractivity contribution in [3.8, 4) is 5.69 Å². The van der Waals surface area contributed by atoms with Crippen LogP contribution in [0.2, 0.25) is 0 Å². The number of fused-ring (bicyclic) bond motifs is 14. The van der Waals surface area contributed by atoms with Gasteiger partial charge in [0, 0.05) is 32.7 Å². The number of hydrogen-bond donors (Lipinski definition) is 1. The maximum atomic E-state index is 7.10. The Morgan fingerprint density at radius 2 is 0.897 bits per heavy atom. The summed E-state index contributed by atoms with van der Waals surface area (Å²) in [4.78, 5) is 11.4. The fraction of sp³-hybridized carbons (Fsp3) is 0.0159. The zero-order valence-electron chi connectivity index (χ0n) is 36.6. The van der Waals surface area contributed by atoms with Gasteiger partial charge in [0.05, 0.1) is 22.3 Å². The SMILES string of the molecule is c1ccc2cc3c(cc2c1)c1cc2ccccc2cc1n3-c1ccc2c(oc3ccccc32)c1C1=NC(c2cc3ccccc3c3ccccc23)=NC(c2cc3ccccc3c3ccccc23)N1. The van der Waals surface area contributed by atoms with Crippen LogP contribution in [0.5, 0.6) is 0 Å². The van der Waals surface area contributed by atoms with Gasteiger partial charge in [-0.25, -0.2) is 9.98 Å². The summed E-state index contributed by atoms with van der Waals surface area (Å²) in [5, 5.41) is 22.5. The van der Waals surface area contributed by atoms with Gasteiger partial charge in [0.25, 0.3) is 0 Å². The van der Waals surface area contributed by atoms with E-state index in [1.54, 1.807) is 0 Å². The molecule has 1 atom stereocenters. The molecule has 0 saturated heterocycles. The molecule has 0 amide bonds. The van der Waals surface area contributed by atoms with Gasteiger partial charge in [0.2, 0.25) is 0 Å². The summed E-state index contributed by atoms with van der Waals surface area (Å²) in [7, 11) is 0. The number of rotatable bonds is 4. The van der Waals surface area contributed by atoms with E-state index >= 15 is 0 Å². The molecule has 5 heteroatoms. The van der Waals surface area contributed by atoms with Gasteiger partial charge in [-0.1, -0.05) is 164 Å². The van der Waals surface area contributed by atoms with E-state index in [4.69, 9.17) is 14.4 Å². The minimum Gasteiger partial charge on any atom is -0.455 e. The molecule has 0 bridgehead atoms. The molecule has 1 aliphatic heterocycles. The Bertz CT molecular complexity index is 4460. The van der Waals surface area contributed by atoms with Gasteiger partial charge in [-0.05, 0) is 119 Å². The molecule has 3 heterocycles. The van der Waals surface area contributed by atoms with Gasteiger partial charge in [0.1, 0.15) is 23.2 Å². The second-order valence-corrected chi connectivity index (χ2v) is 18.1. The molecule has 1 unspecified atom stereocenters. The summed E-state index contributed by atoms with van der Waals surface area (Å²) in [6, 6.07) is 78.7. The molecule has 0 radical (unpaired) electrons. The van der Waals surface area contributed by atoms with Crippen molar-refractivity contribution in [3.63, 3.8) is 0 Å². The third-order valence-electron chi connectivity index (χ3n) is 14.3. The first-order chi connectivity index (χ1) is 33.7. The molecule has 1 aliphatic rings. The highest BCUT2D eigenvalue weighted by atomic mass is 16.3. The van der Waals surface area contributed by atoms with Crippen LogP contribution in [-0.4, -0.2) is 16.2 Å². The number of nitrogens with zero attached hydrogens (tertiary/aromatic N) is 3. The van der Waals surface area contributed by atoms with Crippen molar-refractivity contribution in [2.75, 3.05) is 0 Å². The van der Waals surface area contributed by atoms with E-state index in [-0.39, 0.29) is 0 Å². The number of aromatic nitrogens is 1. The van der Waals surface area contributed by atoms with Crippen LogP contribution in [0, 0.1) is 0 Å². The lowest BCUT2D eigenvalue weighted by Crippen LogP contribution is -2.34. The summed E-state index contributed by atoms with van der Waals surface area (Å²) in [5.74, 6) is 1.34. The standard InChI is InChI=1S/C63H38N4O/c1-3-17-39-35-56-51(31-37(39)15-1)52-32-38-16-2-4-18-40(38)36-57(52)67(56)55-30-29-50-49-27-13-14-28-58(49)68-60(50)59(55)63-65-61(53-33-41-19-5-7-21-43(41)45-23-9-11-25-47(45)53)64-62(66-63)54-34-42-20-6-8-22-44(42)46-24-10-12-26-48(46)54/h1-36,61H,(H,64,65,66). The quantitative estimate of drug-likeness (QED) is 0.179. The molecular formula is C63H38N4O. The van der Waals surface area contributed by atoms with E-state index in [2.05, 4.69) is 222 Å². The van der Waals surface area contributed by atoms with Crippen molar-refractivity contribution in [1.29, 1.82) is 0 Å². The van der Waals surface area contributed by atoms with Crippen LogP contribution in [0.4, 0.5) is 0 Å². The number of benzene rings is 12. The Morgan fingerprint density at radius 1 is 0.397 bits per heavy atom. The molecular weight excluding hydrogens is 829 g/mol. The van der Waals surface area contributed by atoms with Crippen LogP contribution in [0.3, 0.4) is 0 Å². The number of furan rings is 1. The van der Waals surface area contributed by atoms with Gasteiger partial charge in [0.15, 0.2) is 5.84 Å². The predicted octanol–water partition coefficient (Wildman–Crippen LogP) is 16.1. The maximum Gasteiger partial charge on any atom is 0.160 e. The van der Waals surface area contributed by atoms with E-state index in [0.29, 0.717) is 11.7 Å². The average molecular weight is 867 g/mol. The molecule has 12 aromatic carbocycles. The van der Waals surface area contributed by atoms with Crippen molar-refractivity contribution in [1.82, 2.24) is 9.88 Å². The Morgan fingerprint density at radius 3 is 1.54 bits per heavy atom. The average Bonchev–Trinajstić information content (AvgIpc) is 3.93. The lowest BCUT2D eigenvalue weighted by atomic mass is 9.94. The van der Waals surface area contributed by atoms with E-state index in [0.717, 1.165) is 82.3 Å². The summed E-state index contributed by atoms with van der Waals surface area (Å²) >= 11 is 0. The van der Waals surface area contributed by atoms with Gasteiger partial charge >= 0.3 is 0 Å². The van der Waals surface area contributed by atoms with E-state index < -0.39 is 6.17 Å². The zero-order valence-corrected chi connectivity index (χ0v) is 36.6. The highest BCUT2D eigenvalue weighted by Gasteiger charge is 2.30. The molecule has 0 saturated carbocycles. The van der Waals surface area contributed by atoms with E-state index in [9.17, 15) is 0 Å². The molecule has 316 valence electrons. The molecule has 0 spiro atoms. The third kappa shape index (κ3) is 5.44. The number of amidine groups is 2. The number of hydrogen-bond acceptors (Lipinski definition) is 4. The summed E-state index contributed by atoms with van der Waals surface area (Å²) in [6.07, 6.45) is -0.518. The lowest BCUT2D eigenvalue weighted by Gasteiger charge is -2.27. The molecule has 5 nitrogen and oxygen atoms in total. The Kier molecular flexibility index (Phi) is 7.78. The molecule has 1 N–H and O–H groups in total. The van der Waals surface area contributed by atoms with Gasteiger partial charge in [-0.3, -0.25) is 0 Å². The maximum absolute atomic E-state index is 7.10. The fourth-order valence-electron chi connectivity index (χ4n) is 11.2. The smallest absolute Gasteiger partial charge is 0.160 e. The first kappa shape index (κ1) is 37.2. The van der Waals surface area contributed by atoms with Crippen LogP contribution in [0.15, 0.2) is 233 Å². The van der Waals surface area contributed by atoms with Crippen molar-refractivity contribution >= 4 is 120 Å². The van der Waals surface area contributed by atoms with Crippen LogP contribution in [0.1, 0.15) is 22.9 Å². The fourth-order valence-corrected chi connectivity index (χ4v) is 11.2. The highest BCUT2D eigenvalue weighted by Crippen LogP contribution is 2.43. The molecule has 0 aliphatic carbocycles. The second-order valence-electron chi connectivity index (χ2n) is 18.1. The molecule has 0 fully saturated rings. The Balaban J connectivity index is 1.08. The van der Waals surface area contributed by atoms with Crippen LogP contribution in [-0.2, 0) is 0 Å². The first-order valence-corrected chi connectivity index (χ1v) is 23.3. The number of nitrogens with one attached hydrogen (secondary N) is 1. The summed E-state index contributed by atoms with van der Waals surface area (Å²) < 4.78 is 9.54. The molecule has 15 rings (SSSR count). The Labute approximate surface area is 389 Å². The first-order valence-electron chi connectivity index (χ1n) is 23.3. The largest absolute Gasteiger partial charge is 0.455 e. The predicted molar refractivity (Wildman–Crippen MR) is 285 cm³/mol. The van der Waals surface area contributed by atoms with Crippen LogP contribution >= 0.6 is 0 Å². The monoisotopic (exact) mass is 866 g/mol. The van der Waals surface area contributed by atoms with Crippen molar-refractivity contribution in [2.24, 2.45) is 9.98 Å². The molecule has 2 aromatic heterocycles. The van der Waals surface area contributed by atoms with Crippen LogP contribution < -0.4 is 5.32 Å². The molecule has 14 aromatic rings. The van der Waals surface area contributed by atoms with E-state index in [1.165, 1.54) is 48.5 Å². The minimum absolute atomic E-state index is 0.518. The topological polar surface area (TPSA) is 54.8 Å². The molecule has 68 heavy (non-hydrogen) atoms.